The molecule has 0 aliphatic carbocycles. The average Bonchev–Trinajstić information content (AvgIpc) is 2.74. The van der Waals surface area contributed by atoms with E-state index >= 15 is 0 Å². The number of carbonyl (C=O) groups excluding carboxylic acids is 1. The Morgan fingerprint density at radius 1 is 1.45 bits per heavy atom. The number of hydrogen-bond donors (Lipinski definition) is 1. The van der Waals surface area contributed by atoms with Crippen molar-refractivity contribution < 1.29 is 14.7 Å². The Balaban J connectivity index is 1.88. The van der Waals surface area contributed by atoms with Gasteiger partial charge in [0.15, 0.2) is 0 Å². The van der Waals surface area contributed by atoms with E-state index in [4.69, 9.17) is 5.11 Å². The lowest BCUT2D eigenvalue weighted by Crippen LogP contribution is -2.42. The summed E-state index contributed by atoms with van der Waals surface area (Å²) >= 11 is 0. The number of amides is 1. The summed E-state index contributed by atoms with van der Waals surface area (Å²) in [5.41, 5.74) is 1.98. The summed E-state index contributed by atoms with van der Waals surface area (Å²) in [6.45, 7) is 5.44. The summed E-state index contributed by atoms with van der Waals surface area (Å²) in [4.78, 5) is 24.8. The Morgan fingerprint density at radius 2 is 2.20 bits per heavy atom. The second kappa shape index (κ2) is 6.07. The molecule has 1 saturated heterocycles. The Kier molecular flexibility index (Phi) is 4.42. The first-order valence-electron chi connectivity index (χ1n) is 6.99. The highest BCUT2D eigenvalue weighted by atomic mass is 16.4. The third-order valence-corrected chi connectivity index (χ3v) is 3.76. The van der Waals surface area contributed by atoms with Gasteiger partial charge in [0.1, 0.15) is 0 Å². The maximum absolute atomic E-state index is 12.1. The largest absolute Gasteiger partial charge is 0.481 e. The molecule has 6 heteroatoms. The lowest BCUT2D eigenvalue weighted by Gasteiger charge is -2.30. The molecule has 0 saturated carbocycles. The van der Waals surface area contributed by atoms with Crippen LogP contribution in [0, 0.1) is 19.8 Å². The molecule has 2 heterocycles. The number of rotatable bonds is 4. The Labute approximate surface area is 118 Å². The molecule has 1 aliphatic rings. The highest BCUT2D eigenvalue weighted by Gasteiger charge is 2.27. The zero-order valence-corrected chi connectivity index (χ0v) is 12.0. The maximum Gasteiger partial charge on any atom is 0.308 e. The van der Waals surface area contributed by atoms with Gasteiger partial charge in [0.05, 0.1) is 11.6 Å². The van der Waals surface area contributed by atoms with Gasteiger partial charge in [-0.2, -0.15) is 5.10 Å². The molecule has 1 aromatic rings. The normalized spacial score (nSPS) is 19.1. The highest BCUT2D eigenvalue weighted by molar-refractivity contribution is 5.78. The van der Waals surface area contributed by atoms with Gasteiger partial charge in [-0.25, -0.2) is 0 Å². The molecule has 1 aliphatic heterocycles. The quantitative estimate of drug-likeness (QED) is 0.899. The molecule has 2 rings (SSSR count). The van der Waals surface area contributed by atoms with Crippen LogP contribution in [0.25, 0.3) is 0 Å². The lowest BCUT2D eigenvalue weighted by molar-refractivity contribution is -0.145. The number of piperidine rings is 1. The number of aromatic nitrogens is 2. The van der Waals surface area contributed by atoms with Gasteiger partial charge in [0.2, 0.25) is 5.91 Å². The predicted octanol–water partition coefficient (Wildman–Crippen LogP) is 1.21. The van der Waals surface area contributed by atoms with E-state index in [0.29, 0.717) is 32.5 Å². The van der Waals surface area contributed by atoms with E-state index in [0.717, 1.165) is 17.8 Å². The Hall–Kier alpha value is -1.85. The Morgan fingerprint density at radius 3 is 2.80 bits per heavy atom. The van der Waals surface area contributed by atoms with Gasteiger partial charge in [-0.15, -0.1) is 0 Å². The first kappa shape index (κ1) is 14.6. The van der Waals surface area contributed by atoms with Crippen LogP contribution in [0.5, 0.6) is 0 Å². The number of likely N-dealkylation sites (tertiary alicyclic amines) is 1. The van der Waals surface area contributed by atoms with E-state index in [1.54, 1.807) is 4.90 Å². The third-order valence-electron chi connectivity index (χ3n) is 3.76. The van der Waals surface area contributed by atoms with Crippen LogP contribution in [0.15, 0.2) is 6.07 Å². The summed E-state index contributed by atoms with van der Waals surface area (Å²) in [7, 11) is 0. The van der Waals surface area contributed by atoms with Gasteiger partial charge in [0, 0.05) is 31.7 Å². The van der Waals surface area contributed by atoms with Crippen molar-refractivity contribution in [1.29, 1.82) is 0 Å². The monoisotopic (exact) mass is 279 g/mol. The van der Waals surface area contributed by atoms with Crippen LogP contribution in [0.2, 0.25) is 0 Å². The van der Waals surface area contributed by atoms with Crippen LogP contribution in [-0.2, 0) is 16.1 Å². The van der Waals surface area contributed by atoms with Crippen molar-refractivity contribution in [3.8, 4) is 0 Å². The molecule has 0 aromatic carbocycles. The topological polar surface area (TPSA) is 75.4 Å². The van der Waals surface area contributed by atoms with Crippen LogP contribution in [0.4, 0.5) is 0 Å². The van der Waals surface area contributed by atoms with E-state index in [9.17, 15) is 9.59 Å². The molecule has 0 bridgehead atoms. The van der Waals surface area contributed by atoms with E-state index in [1.165, 1.54) is 0 Å². The van der Waals surface area contributed by atoms with Crippen molar-refractivity contribution in [2.24, 2.45) is 5.92 Å². The number of carboxylic acids is 1. The molecule has 20 heavy (non-hydrogen) atoms. The average molecular weight is 279 g/mol. The molecule has 6 nitrogen and oxygen atoms in total. The van der Waals surface area contributed by atoms with E-state index in [-0.39, 0.29) is 5.91 Å². The fourth-order valence-electron chi connectivity index (χ4n) is 2.67. The first-order chi connectivity index (χ1) is 9.47. The van der Waals surface area contributed by atoms with Gasteiger partial charge >= 0.3 is 5.97 Å². The summed E-state index contributed by atoms with van der Waals surface area (Å²) in [6, 6.07) is 1.98. The number of carbonyl (C=O) groups is 2. The summed E-state index contributed by atoms with van der Waals surface area (Å²) in [5, 5.41) is 13.4. The standard InChI is InChI=1S/C14H21N3O3/c1-10-8-11(2)17(15-10)7-5-13(18)16-6-3-4-12(9-16)14(19)20/h8,12H,3-7,9H2,1-2H3,(H,19,20)/t12-/m1/s1. The van der Waals surface area contributed by atoms with E-state index in [1.807, 2.05) is 24.6 Å². The van der Waals surface area contributed by atoms with Gasteiger partial charge in [-0.05, 0) is 32.8 Å². The highest BCUT2D eigenvalue weighted by Crippen LogP contribution is 2.17. The van der Waals surface area contributed by atoms with Gasteiger partial charge in [-0.3, -0.25) is 14.3 Å². The molecular formula is C14H21N3O3. The van der Waals surface area contributed by atoms with Crippen LogP contribution < -0.4 is 0 Å². The van der Waals surface area contributed by atoms with Crippen molar-refractivity contribution in [2.45, 2.75) is 39.7 Å². The number of hydrogen-bond acceptors (Lipinski definition) is 3. The molecule has 0 spiro atoms. The third kappa shape index (κ3) is 3.37. The van der Waals surface area contributed by atoms with Crippen LogP contribution >= 0.6 is 0 Å². The fourth-order valence-corrected chi connectivity index (χ4v) is 2.67. The summed E-state index contributed by atoms with van der Waals surface area (Å²) < 4.78 is 1.83. The number of aryl methyl sites for hydroxylation is 3. The lowest BCUT2D eigenvalue weighted by atomic mass is 9.98. The molecule has 1 aromatic heterocycles. The zero-order chi connectivity index (χ0) is 14.7. The van der Waals surface area contributed by atoms with E-state index in [2.05, 4.69) is 5.10 Å². The number of aliphatic carboxylic acids is 1. The van der Waals surface area contributed by atoms with Crippen LogP contribution in [0.1, 0.15) is 30.7 Å². The van der Waals surface area contributed by atoms with Crippen molar-refractivity contribution in [3.63, 3.8) is 0 Å². The smallest absolute Gasteiger partial charge is 0.308 e. The molecule has 0 unspecified atom stereocenters. The SMILES string of the molecule is Cc1cc(C)n(CCC(=O)N2CCC[C@@H](C(=O)O)C2)n1. The maximum atomic E-state index is 12.1. The molecule has 1 atom stereocenters. The first-order valence-corrected chi connectivity index (χ1v) is 6.99. The van der Waals surface area contributed by atoms with E-state index < -0.39 is 11.9 Å². The number of carboxylic acid groups (broad SMARTS) is 1. The van der Waals surface area contributed by atoms with Crippen LogP contribution in [0.3, 0.4) is 0 Å². The molecular weight excluding hydrogens is 258 g/mol. The zero-order valence-electron chi connectivity index (χ0n) is 12.0. The minimum Gasteiger partial charge on any atom is -0.481 e. The molecule has 110 valence electrons. The van der Waals surface area contributed by atoms with Crippen molar-refractivity contribution >= 4 is 11.9 Å². The van der Waals surface area contributed by atoms with Crippen LogP contribution in [-0.4, -0.2) is 44.8 Å². The fraction of sp³-hybridized carbons (Fsp3) is 0.643. The minimum atomic E-state index is -0.805. The number of nitrogens with zero attached hydrogens (tertiary/aromatic N) is 3. The Bertz CT molecular complexity index is 510. The molecule has 1 fully saturated rings. The predicted molar refractivity (Wildman–Crippen MR) is 73.3 cm³/mol. The van der Waals surface area contributed by atoms with Gasteiger partial charge in [-0.1, -0.05) is 0 Å². The van der Waals surface area contributed by atoms with Crippen molar-refractivity contribution in [3.05, 3.63) is 17.5 Å². The second-order valence-electron chi connectivity index (χ2n) is 5.42. The van der Waals surface area contributed by atoms with Gasteiger partial charge in [0.25, 0.3) is 0 Å². The minimum absolute atomic E-state index is 0.0171. The summed E-state index contributed by atoms with van der Waals surface area (Å²) in [6.07, 6.45) is 1.80. The second-order valence-corrected chi connectivity index (χ2v) is 5.42. The molecule has 1 amide bonds. The van der Waals surface area contributed by atoms with Crippen molar-refractivity contribution in [1.82, 2.24) is 14.7 Å². The van der Waals surface area contributed by atoms with Crippen molar-refractivity contribution in [2.75, 3.05) is 13.1 Å². The molecule has 0 radical (unpaired) electrons. The molecule has 1 N–H and O–H groups in total. The van der Waals surface area contributed by atoms with Gasteiger partial charge < -0.3 is 10.0 Å². The summed E-state index contributed by atoms with van der Waals surface area (Å²) in [5.74, 6) is -1.20.